The average molecular weight is 480 g/mol. The number of nitrogens with zero attached hydrogens (tertiary/aromatic N) is 7. The fourth-order valence-electron chi connectivity index (χ4n) is 3.99. The van der Waals surface area contributed by atoms with E-state index in [0.717, 1.165) is 39.2 Å². The number of aromatic nitrogens is 7. The highest BCUT2D eigenvalue weighted by Gasteiger charge is 2.17. The first-order valence-electron chi connectivity index (χ1n) is 11.4. The molecule has 0 aliphatic heterocycles. The van der Waals surface area contributed by atoms with Gasteiger partial charge < -0.3 is 15.0 Å². The van der Waals surface area contributed by atoms with E-state index in [0.29, 0.717) is 17.2 Å². The molecule has 1 amide bonds. The van der Waals surface area contributed by atoms with Crippen molar-refractivity contribution in [2.75, 3.05) is 12.4 Å². The molecule has 0 saturated carbocycles. The van der Waals surface area contributed by atoms with E-state index in [-0.39, 0.29) is 11.9 Å². The predicted octanol–water partition coefficient (Wildman–Crippen LogP) is 2.64. The van der Waals surface area contributed by atoms with Crippen molar-refractivity contribution in [2.45, 2.75) is 26.8 Å². The second-order valence-corrected chi connectivity index (χ2v) is 8.52. The molecule has 36 heavy (non-hydrogen) atoms. The molecule has 10 heteroatoms. The Morgan fingerprint density at radius 1 is 1.11 bits per heavy atom. The van der Waals surface area contributed by atoms with Crippen LogP contribution in [0.15, 0.2) is 43.0 Å². The van der Waals surface area contributed by atoms with E-state index in [1.54, 1.807) is 24.7 Å². The van der Waals surface area contributed by atoms with Gasteiger partial charge >= 0.3 is 0 Å². The quantitative estimate of drug-likeness (QED) is 0.381. The molecule has 5 aromatic rings. The van der Waals surface area contributed by atoms with Crippen LogP contribution in [0.3, 0.4) is 0 Å². The zero-order chi connectivity index (χ0) is 25.4. The topological polar surface area (TPSA) is 115 Å². The minimum absolute atomic E-state index is 0.202. The predicted molar refractivity (Wildman–Crippen MR) is 137 cm³/mol. The highest BCUT2D eigenvalue weighted by molar-refractivity contribution is 5.95. The molecule has 1 unspecified atom stereocenters. The van der Waals surface area contributed by atoms with Gasteiger partial charge in [-0.25, -0.2) is 19.9 Å². The number of pyridine rings is 2. The fraction of sp³-hybridized carbons (Fsp3) is 0.231. The van der Waals surface area contributed by atoms with Gasteiger partial charge in [-0.05, 0) is 58.0 Å². The molecule has 5 rings (SSSR count). The van der Waals surface area contributed by atoms with Crippen molar-refractivity contribution >= 4 is 28.3 Å². The molecule has 0 radical (unpaired) electrons. The van der Waals surface area contributed by atoms with Gasteiger partial charge in [0.25, 0.3) is 0 Å². The minimum atomic E-state index is -0.388. The zero-order valence-electron chi connectivity index (χ0n) is 20.7. The minimum Gasteiger partial charge on any atom is -0.309 e. The fourth-order valence-corrected chi connectivity index (χ4v) is 3.99. The van der Waals surface area contributed by atoms with Gasteiger partial charge in [-0.1, -0.05) is 5.92 Å². The Morgan fingerprint density at radius 3 is 2.75 bits per heavy atom. The Bertz CT molecular complexity index is 1690. The number of hydrogen-bond donors (Lipinski definition) is 2. The number of rotatable bonds is 4. The van der Waals surface area contributed by atoms with Crippen LogP contribution in [-0.4, -0.2) is 53.1 Å². The van der Waals surface area contributed by atoms with E-state index in [4.69, 9.17) is 0 Å². The van der Waals surface area contributed by atoms with Crippen molar-refractivity contribution in [3.8, 4) is 23.1 Å². The van der Waals surface area contributed by atoms with Crippen LogP contribution in [0.25, 0.3) is 27.8 Å². The van der Waals surface area contributed by atoms with E-state index >= 15 is 0 Å². The van der Waals surface area contributed by atoms with Crippen LogP contribution in [0.1, 0.15) is 29.7 Å². The molecule has 2 N–H and O–H groups in total. The molecule has 0 saturated heterocycles. The molecule has 5 heterocycles. The molecule has 10 nitrogen and oxygen atoms in total. The summed E-state index contributed by atoms with van der Waals surface area (Å²) in [6.07, 6.45) is 5.27. The van der Waals surface area contributed by atoms with E-state index in [1.807, 2.05) is 55.9 Å². The number of anilines is 1. The highest BCUT2D eigenvalue weighted by atomic mass is 16.2. The standard InChI is InChI=1S/C26H25N9O/c1-15-23-25(34(5)33-15)24(30-14-29-23)19-11-20(31-22(12-19)32-26(36)16(2)27-4)7-6-18-8-9-35-17(3)28-13-21(35)10-18/h8-14,16,27H,1-5H3,(H,31,32,36). The number of hydrogen-bond acceptors (Lipinski definition) is 7. The smallest absolute Gasteiger partial charge is 0.242 e. The number of aryl methyl sites for hydroxylation is 3. The van der Waals surface area contributed by atoms with Crippen LogP contribution in [0, 0.1) is 25.7 Å². The number of carbonyl (C=O) groups excluding carboxylic acids is 1. The van der Waals surface area contributed by atoms with E-state index in [9.17, 15) is 4.79 Å². The lowest BCUT2D eigenvalue weighted by molar-refractivity contribution is -0.117. The Hall–Kier alpha value is -4.62. The SMILES string of the molecule is CNC(C)C(=O)Nc1cc(-c2ncnc3c(C)nn(C)c23)cc(C#Cc2ccn3c(C)ncc3c2)n1. The van der Waals surface area contributed by atoms with Crippen molar-refractivity contribution in [1.29, 1.82) is 0 Å². The van der Waals surface area contributed by atoms with Gasteiger partial charge in [0, 0.05) is 24.4 Å². The highest BCUT2D eigenvalue weighted by Crippen LogP contribution is 2.28. The molecular formula is C26H25N9O. The van der Waals surface area contributed by atoms with E-state index in [1.165, 1.54) is 6.33 Å². The summed E-state index contributed by atoms with van der Waals surface area (Å²) in [7, 11) is 3.59. The summed E-state index contributed by atoms with van der Waals surface area (Å²) in [4.78, 5) is 30.4. The molecular weight excluding hydrogens is 454 g/mol. The zero-order valence-corrected chi connectivity index (χ0v) is 20.7. The number of imidazole rings is 1. The van der Waals surface area contributed by atoms with Crippen LogP contribution in [0.2, 0.25) is 0 Å². The van der Waals surface area contributed by atoms with Gasteiger partial charge in [-0.2, -0.15) is 5.10 Å². The maximum atomic E-state index is 12.6. The Balaban J connectivity index is 1.61. The first-order chi connectivity index (χ1) is 17.3. The van der Waals surface area contributed by atoms with Gasteiger partial charge in [0.15, 0.2) is 0 Å². The van der Waals surface area contributed by atoms with Crippen molar-refractivity contribution in [3.63, 3.8) is 0 Å². The summed E-state index contributed by atoms with van der Waals surface area (Å²) >= 11 is 0. The van der Waals surface area contributed by atoms with E-state index in [2.05, 4.69) is 47.5 Å². The van der Waals surface area contributed by atoms with Crippen molar-refractivity contribution < 1.29 is 4.79 Å². The number of nitrogens with one attached hydrogen (secondary N) is 2. The first-order valence-corrected chi connectivity index (χ1v) is 11.4. The molecule has 0 bridgehead atoms. The van der Waals surface area contributed by atoms with Gasteiger partial charge in [0.1, 0.15) is 34.7 Å². The lowest BCUT2D eigenvalue weighted by Crippen LogP contribution is -2.35. The maximum Gasteiger partial charge on any atom is 0.242 e. The molecule has 5 aromatic heterocycles. The third-order valence-corrected chi connectivity index (χ3v) is 6.02. The van der Waals surface area contributed by atoms with Crippen LogP contribution >= 0.6 is 0 Å². The summed E-state index contributed by atoms with van der Waals surface area (Å²) < 4.78 is 3.76. The van der Waals surface area contributed by atoms with Crippen molar-refractivity contribution in [1.82, 2.24) is 39.4 Å². The lowest BCUT2D eigenvalue weighted by atomic mass is 10.1. The summed E-state index contributed by atoms with van der Waals surface area (Å²) in [5.41, 5.74) is 6.09. The second kappa shape index (κ2) is 9.20. The molecule has 0 fully saturated rings. The number of carbonyl (C=O) groups is 1. The average Bonchev–Trinajstić information content (AvgIpc) is 3.40. The van der Waals surface area contributed by atoms with Crippen LogP contribution in [-0.2, 0) is 11.8 Å². The summed E-state index contributed by atoms with van der Waals surface area (Å²) in [5, 5.41) is 10.3. The number of fused-ring (bicyclic) bond motifs is 2. The second-order valence-electron chi connectivity index (χ2n) is 8.52. The van der Waals surface area contributed by atoms with E-state index < -0.39 is 0 Å². The summed E-state index contributed by atoms with van der Waals surface area (Å²) in [6.45, 7) is 5.64. The third kappa shape index (κ3) is 4.28. The lowest BCUT2D eigenvalue weighted by Gasteiger charge is -2.12. The summed E-state index contributed by atoms with van der Waals surface area (Å²) in [6, 6.07) is 7.16. The monoisotopic (exact) mass is 479 g/mol. The molecule has 1 atom stereocenters. The van der Waals surface area contributed by atoms with Crippen molar-refractivity contribution in [3.05, 3.63) is 65.8 Å². The van der Waals surface area contributed by atoms with Crippen LogP contribution < -0.4 is 10.6 Å². The maximum absolute atomic E-state index is 12.6. The molecule has 0 aliphatic rings. The summed E-state index contributed by atoms with van der Waals surface area (Å²) in [5.74, 6) is 7.42. The normalized spacial score (nSPS) is 11.9. The Morgan fingerprint density at radius 2 is 1.94 bits per heavy atom. The number of likely N-dealkylation sites (N-methyl/N-ethyl adjacent to an activating group) is 1. The molecule has 0 spiro atoms. The van der Waals surface area contributed by atoms with Crippen LogP contribution in [0.4, 0.5) is 5.82 Å². The van der Waals surface area contributed by atoms with Gasteiger partial charge in [0.05, 0.1) is 29.1 Å². The molecule has 0 aromatic carbocycles. The Kier molecular flexibility index (Phi) is 5.91. The van der Waals surface area contributed by atoms with Gasteiger partial charge in [0.2, 0.25) is 5.91 Å². The Labute approximate surface area is 207 Å². The molecule has 180 valence electrons. The van der Waals surface area contributed by atoms with Gasteiger partial charge in [-0.15, -0.1) is 0 Å². The molecule has 0 aliphatic carbocycles. The first kappa shape index (κ1) is 23.1. The van der Waals surface area contributed by atoms with Gasteiger partial charge in [-0.3, -0.25) is 9.48 Å². The third-order valence-electron chi connectivity index (χ3n) is 6.02. The van der Waals surface area contributed by atoms with Crippen molar-refractivity contribution in [2.24, 2.45) is 7.05 Å². The number of amides is 1. The van der Waals surface area contributed by atoms with Crippen LogP contribution in [0.5, 0.6) is 0 Å². The largest absolute Gasteiger partial charge is 0.309 e.